The van der Waals surface area contributed by atoms with Gasteiger partial charge in [0.15, 0.2) is 0 Å². The van der Waals surface area contributed by atoms with Gasteiger partial charge in [0.1, 0.15) is 0 Å². The number of halogens is 1. The first-order valence-corrected chi connectivity index (χ1v) is 6.58. The maximum absolute atomic E-state index is 11.6. The lowest BCUT2D eigenvalue weighted by Crippen LogP contribution is -2.39. The van der Waals surface area contributed by atoms with Gasteiger partial charge in [-0.25, -0.2) is 0 Å². The normalized spacial score (nSPS) is 20.1. The van der Waals surface area contributed by atoms with E-state index in [-0.39, 0.29) is 11.9 Å². The molecule has 1 heterocycles. The number of anilines is 1. The van der Waals surface area contributed by atoms with Crippen molar-refractivity contribution in [2.45, 2.75) is 12.8 Å². The number of piperidine rings is 1. The summed E-state index contributed by atoms with van der Waals surface area (Å²) < 4.78 is 5.89. The zero-order valence-electron chi connectivity index (χ0n) is 9.86. The molecule has 2 rings (SSSR count). The summed E-state index contributed by atoms with van der Waals surface area (Å²) in [6.07, 6.45) is 1.96. The Morgan fingerprint density at radius 3 is 3.06 bits per heavy atom. The zero-order valence-corrected chi connectivity index (χ0v) is 11.4. The quantitative estimate of drug-likeness (QED) is 0.786. The standard InChI is InChI=1S/C13H16BrNO2/c1-17-13(16)10-4-3-7-15(9-10)12-6-2-5-11(14)8-12/h2,5-6,8,10H,3-4,7,9H2,1H3. The van der Waals surface area contributed by atoms with Crippen LogP contribution in [0.1, 0.15) is 12.8 Å². The van der Waals surface area contributed by atoms with Crippen molar-refractivity contribution < 1.29 is 9.53 Å². The Bertz CT molecular complexity index is 408. The molecule has 0 amide bonds. The van der Waals surface area contributed by atoms with Crippen molar-refractivity contribution in [3.8, 4) is 0 Å². The van der Waals surface area contributed by atoms with E-state index in [0.29, 0.717) is 0 Å². The molecule has 0 aromatic heterocycles. The summed E-state index contributed by atoms with van der Waals surface area (Å²) in [4.78, 5) is 13.8. The molecule has 1 saturated heterocycles. The Morgan fingerprint density at radius 1 is 1.53 bits per heavy atom. The number of hydrogen-bond acceptors (Lipinski definition) is 3. The largest absolute Gasteiger partial charge is 0.469 e. The van der Waals surface area contributed by atoms with Crippen molar-refractivity contribution in [3.05, 3.63) is 28.7 Å². The number of esters is 1. The van der Waals surface area contributed by atoms with Gasteiger partial charge < -0.3 is 9.64 Å². The van der Waals surface area contributed by atoms with Crippen LogP contribution in [0.2, 0.25) is 0 Å². The van der Waals surface area contributed by atoms with E-state index in [2.05, 4.69) is 33.0 Å². The van der Waals surface area contributed by atoms with Gasteiger partial charge in [-0.2, -0.15) is 0 Å². The number of hydrogen-bond donors (Lipinski definition) is 0. The first kappa shape index (κ1) is 12.4. The van der Waals surface area contributed by atoms with Crippen LogP contribution < -0.4 is 4.90 Å². The molecule has 0 spiro atoms. The summed E-state index contributed by atoms with van der Waals surface area (Å²) in [5.74, 6) is -0.0857. The van der Waals surface area contributed by atoms with Gasteiger partial charge >= 0.3 is 5.97 Å². The summed E-state index contributed by atoms with van der Waals surface area (Å²) in [5, 5.41) is 0. The molecule has 1 aliphatic heterocycles. The summed E-state index contributed by atoms with van der Waals surface area (Å²) >= 11 is 3.47. The maximum Gasteiger partial charge on any atom is 0.310 e. The van der Waals surface area contributed by atoms with Crippen molar-refractivity contribution in [3.63, 3.8) is 0 Å². The van der Waals surface area contributed by atoms with E-state index >= 15 is 0 Å². The van der Waals surface area contributed by atoms with Crippen LogP contribution in [0.5, 0.6) is 0 Å². The third-order valence-corrected chi connectivity index (χ3v) is 3.62. The van der Waals surface area contributed by atoms with Crippen LogP contribution in [-0.4, -0.2) is 26.2 Å². The van der Waals surface area contributed by atoms with Gasteiger partial charge in [-0.15, -0.1) is 0 Å². The highest BCUT2D eigenvalue weighted by Gasteiger charge is 2.26. The lowest BCUT2D eigenvalue weighted by molar-refractivity contribution is -0.145. The van der Waals surface area contributed by atoms with Crippen LogP contribution in [0.3, 0.4) is 0 Å². The molecule has 3 nitrogen and oxygen atoms in total. The van der Waals surface area contributed by atoms with Crippen LogP contribution in [-0.2, 0) is 9.53 Å². The fraction of sp³-hybridized carbons (Fsp3) is 0.462. The second kappa shape index (κ2) is 5.54. The Hall–Kier alpha value is -1.03. The van der Waals surface area contributed by atoms with Gasteiger partial charge in [0.25, 0.3) is 0 Å². The predicted octanol–water partition coefficient (Wildman–Crippen LogP) is 2.84. The maximum atomic E-state index is 11.6. The van der Waals surface area contributed by atoms with Crippen molar-refractivity contribution >= 4 is 27.6 Å². The summed E-state index contributed by atoms with van der Waals surface area (Å²) in [5.41, 5.74) is 1.16. The summed E-state index contributed by atoms with van der Waals surface area (Å²) in [6, 6.07) is 8.18. The summed E-state index contributed by atoms with van der Waals surface area (Å²) in [6.45, 7) is 1.76. The molecule has 1 unspecified atom stereocenters. The number of ether oxygens (including phenoxy) is 1. The number of benzene rings is 1. The molecule has 1 fully saturated rings. The van der Waals surface area contributed by atoms with Crippen molar-refractivity contribution in [2.24, 2.45) is 5.92 Å². The predicted molar refractivity (Wildman–Crippen MR) is 71.1 cm³/mol. The smallest absolute Gasteiger partial charge is 0.310 e. The molecule has 1 atom stereocenters. The second-order valence-corrected chi connectivity index (χ2v) is 5.20. The highest BCUT2D eigenvalue weighted by Crippen LogP contribution is 2.26. The van der Waals surface area contributed by atoms with Crippen molar-refractivity contribution in [1.29, 1.82) is 0 Å². The second-order valence-electron chi connectivity index (χ2n) is 4.29. The molecule has 1 aliphatic rings. The SMILES string of the molecule is COC(=O)C1CCCN(c2cccc(Br)c2)C1. The molecule has 4 heteroatoms. The minimum Gasteiger partial charge on any atom is -0.469 e. The Morgan fingerprint density at radius 2 is 2.35 bits per heavy atom. The molecular weight excluding hydrogens is 282 g/mol. The molecule has 17 heavy (non-hydrogen) atoms. The van der Waals surface area contributed by atoms with Crippen LogP contribution in [0.15, 0.2) is 28.7 Å². The van der Waals surface area contributed by atoms with Crippen LogP contribution in [0.25, 0.3) is 0 Å². The van der Waals surface area contributed by atoms with E-state index in [1.165, 1.54) is 7.11 Å². The van der Waals surface area contributed by atoms with Crippen LogP contribution in [0, 0.1) is 5.92 Å². The molecule has 0 saturated carbocycles. The number of nitrogens with zero attached hydrogens (tertiary/aromatic N) is 1. The fourth-order valence-electron chi connectivity index (χ4n) is 2.24. The first-order chi connectivity index (χ1) is 8.20. The molecule has 0 radical (unpaired) electrons. The third kappa shape index (κ3) is 3.00. The van der Waals surface area contributed by atoms with E-state index < -0.39 is 0 Å². The molecule has 92 valence electrons. The molecule has 1 aromatic rings. The first-order valence-electron chi connectivity index (χ1n) is 5.79. The van der Waals surface area contributed by atoms with E-state index in [1.54, 1.807) is 0 Å². The molecule has 1 aromatic carbocycles. The average molecular weight is 298 g/mol. The lowest BCUT2D eigenvalue weighted by Gasteiger charge is -2.33. The minimum absolute atomic E-state index is 0.00716. The van der Waals surface area contributed by atoms with E-state index in [1.807, 2.05) is 12.1 Å². The van der Waals surface area contributed by atoms with E-state index in [0.717, 1.165) is 36.1 Å². The van der Waals surface area contributed by atoms with E-state index in [9.17, 15) is 4.79 Å². The number of carbonyl (C=O) groups is 1. The summed E-state index contributed by atoms with van der Waals surface area (Å²) in [7, 11) is 1.46. The van der Waals surface area contributed by atoms with Gasteiger partial charge in [0.05, 0.1) is 13.0 Å². The Labute approximate surface area is 110 Å². The lowest BCUT2D eigenvalue weighted by atomic mass is 9.98. The van der Waals surface area contributed by atoms with Gasteiger partial charge in [-0.05, 0) is 31.0 Å². The highest BCUT2D eigenvalue weighted by molar-refractivity contribution is 9.10. The van der Waals surface area contributed by atoms with Crippen molar-refractivity contribution in [1.82, 2.24) is 0 Å². The molecule has 0 aliphatic carbocycles. The minimum atomic E-state index is -0.0929. The topological polar surface area (TPSA) is 29.5 Å². The number of methoxy groups -OCH3 is 1. The fourth-order valence-corrected chi connectivity index (χ4v) is 2.63. The molecule has 0 bridgehead atoms. The number of carbonyl (C=O) groups excluding carboxylic acids is 1. The van der Waals surface area contributed by atoms with Gasteiger partial charge in [-0.3, -0.25) is 4.79 Å². The van der Waals surface area contributed by atoms with Gasteiger partial charge in [-0.1, -0.05) is 22.0 Å². The Balaban J connectivity index is 2.09. The van der Waals surface area contributed by atoms with Crippen LogP contribution in [0.4, 0.5) is 5.69 Å². The van der Waals surface area contributed by atoms with Gasteiger partial charge in [0, 0.05) is 23.2 Å². The zero-order chi connectivity index (χ0) is 12.3. The highest BCUT2D eigenvalue weighted by atomic mass is 79.9. The van der Waals surface area contributed by atoms with E-state index in [4.69, 9.17) is 4.74 Å². The third-order valence-electron chi connectivity index (χ3n) is 3.13. The average Bonchev–Trinajstić information content (AvgIpc) is 2.38. The van der Waals surface area contributed by atoms with Gasteiger partial charge in [0.2, 0.25) is 0 Å². The number of rotatable bonds is 2. The van der Waals surface area contributed by atoms with Crippen molar-refractivity contribution in [2.75, 3.05) is 25.1 Å². The Kier molecular flexibility index (Phi) is 4.05. The molecule has 0 N–H and O–H groups in total. The molecular formula is C13H16BrNO2. The monoisotopic (exact) mass is 297 g/mol. The van der Waals surface area contributed by atoms with Crippen LogP contribution >= 0.6 is 15.9 Å².